The molecule has 98 valence electrons. The number of benzene rings is 1. The second-order valence-electron chi connectivity index (χ2n) is 5.19. The monoisotopic (exact) mass is 253 g/mol. The van der Waals surface area contributed by atoms with Crippen molar-refractivity contribution in [1.82, 2.24) is 0 Å². The maximum absolute atomic E-state index is 13.4. The summed E-state index contributed by atoms with van der Waals surface area (Å²) in [6, 6.07) is 3.19. The molecule has 1 saturated carbocycles. The van der Waals surface area contributed by atoms with Gasteiger partial charge in [0.1, 0.15) is 17.4 Å². The van der Waals surface area contributed by atoms with Crippen LogP contribution in [-0.4, -0.2) is 12.3 Å². The van der Waals surface area contributed by atoms with Crippen molar-refractivity contribution in [3.63, 3.8) is 0 Å². The Bertz CT molecular complexity index is 450. The number of carbonyl (C=O) groups excluding carboxylic acids is 1. The lowest BCUT2D eigenvalue weighted by molar-refractivity contribution is -0.122. The predicted octanol–water partition coefficient (Wildman–Crippen LogP) is 2.60. The van der Waals surface area contributed by atoms with E-state index in [0.29, 0.717) is 13.0 Å². The van der Waals surface area contributed by atoms with E-state index >= 15 is 0 Å². The fraction of sp³-hybridized carbons (Fsp3) is 0.500. The highest BCUT2D eigenvalue weighted by molar-refractivity contribution is 5.81. The molecule has 0 unspecified atom stereocenters. The van der Waals surface area contributed by atoms with Crippen molar-refractivity contribution in [1.29, 1.82) is 0 Å². The molecule has 4 heteroatoms. The first-order valence-corrected chi connectivity index (χ1v) is 6.20. The molecule has 0 bridgehead atoms. The van der Waals surface area contributed by atoms with Gasteiger partial charge in [-0.2, -0.15) is 0 Å². The first kappa shape index (κ1) is 13.1. The Morgan fingerprint density at radius 2 is 2.06 bits per heavy atom. The lowest BCUT2D eigenvalue weighted by Gasteiger charge is -2.40. The molecule has 0 heterocycles. The summed E-state index contributed by atoms with van der Waals surface area (Å²) in [6.07, 6.45) is 3.34. The summed E-state index contributed by atoms with van der Waals surface area (Å²) in [6.45, 7) is 0.490. The maximum Gasteiger partial charge on any atom is 0.137 e. The van der Waals surface area contributed by atoms with Gasteiger partial charge in [-0.05, 0) is 48.6 Å². The van der Waals surface area contributed by atoms with Crippen molar-refractivity contribution >= 4 is 5.78 Å². The van der Waals surface area contributed by atoms with E-state index in [1.807, 2.05) is 0 Å². The van der Waals surface area contributed by atoms with Gasteiger partial charge in [-0.25, -0.2) is 8.78 Å². The first-order chi connectivity index (χ1) is 8.54. The zero-order chi connectivity index (χ0) is 13.2. The Labute approximate surface area is 105 Å². The highest BCUT2D eigenvalue weighted by Crippen LogP contribution is 2.43. The summed E-state index contributed by atoms with van der Waals surface area (Å²) < 4.78 is 26.4. The number of ketones is 1. The van der Waals surface area contributed by atoms with E-state index < -0.39 is 11.6 Å². The first-order valence-electron chi connectivity index (χ1n) is 6.20. The third-order valence-corrected chi connectivity index (χ3v) is 3.81. The smallest absolute Gasteiger partial charge is 0.137 e. The van der Waals surface area contributed by atoms with Crippen molar-refractivity contribution in [3.05, 3.63) is 35.4 Å². The lowest BCUT2D eigenvalue weighted by Crippen LogP contribution is -2.39. The largest absolute Gasteiger partial charge is 0.330 e. The highest BCUT2D eigenvalue weighted by atomic mass is 19.1. The molecule has 1 fully saturated rings. The number of hydrogen-bond donors (Lipinski definition) is 1. The minimum atomic E-state index is -0.528. The molecular weight excluding hydrogens is 236 g/mol. The average molecular weight is 253 g/mol. The van der Waals surface area contributed by atoms with E-state index in [1.54, 1.807) is 0 Å². The average Bonchev–Trinajstić information content (AvgIpc) is 2.28. The molecule has 1 aliphatic rings. The molecule has 0 aromatic heterocycles. The Kier molecular flexibility index (Phi) is 3.76. The maximum atomic E-state index is 13.4. The molecule has 1 aliphatic carbocycles. The molecule has 0 radical (unpaired) electrons. The summed E-state index contributed by atoms with van der Waals surface area (Å²) in [7, 11) is 0. The van der Waals surface area contributed by atoms with Crippen LogP contribution in [0.15, 0.2) is 18.2 Å². The fourth-order valence-corrected chi connectivity index (χ4v) is 2.50. The summed E-state index contributed by atoms with van der Waals surface area (Å²) >= 11 is 0. The van der Waals surface area contributed by atoms with Gasteiger partial charge in [0.15, 0.2) is 0 Å². The molecule has 2 N–H and O–H groups in total. The Balaban J connectivity index is 2.00. The van der Waals surface area contributed by atoms with Crippen molar-refractivity contribution in [2.75, 3.05) is 6.54 Å². The van der Waals surface area contributed by atoms with E-state index in [1.165, 1.54) is 0 Å². The minimum absolute atomic E-state index is 0.0503. The molecule has 0 spiro atoms. The molecule has 0 aliphatic heterocycles. The van der Waals surface area contributed by atoms with Crippen LogP contribution in [0.5, 0.6) is 0 Å². The Hall–Kier alpha value is -1.29. The quantitative estimate of drug-likeness (QED) is 0.876. The molecule has 0 amide bonds. The second-order valence-corrected chi connectivity index (χ2v) is 5.19. The van der Waals surface area contributed by atoms with Crippen molar-refractivity contribution in [2.24, 2.45) is 11.1 Å². The zero-order valence-electron chi connectivity index (χ0n) is 10.2. The van der Waals surface area contributed by atoms with Crippen LogP contribution in [0, 0.1) is 17.0 Å². The number of hydrogen-bond acceptors (Lipinski definition) is 2. The van der Waals surface area contributed by atoms with Crippen molar-refractivity contribution < 1.29 is 13.6 Å². The van der Waals surface area contributed by atoms with Crippen molar-refractivity contribution in [2.45, 2.75) is 32.1 Å². The van der Waals surface area contributed by atoms with E-state index in [-0.39, 0.29) is 23.2 Å². The van der Waals surface area contributed by atoms with Crippen LogP contribution < -0.4 is 5.73 Å². The minimum Gasteiger partial charge on any atom is -0.330 e. The predicted molar refractivity (Wildman–Crippen MR) is 65.0 cm³/mol. The van der Waals surface area contributed by atoms with Crippen LogP contribution in [0.2, 0.25) is 0 Å². The number of Topliss-reactive ketones (excluding diaryl/α,β-unsaturated/α-hetero) is 1. The standard InChI is InChI=1S/C14H17F2NO/c15-11-2-3-13(16)10(6-11)7-12(18)8-14(9-17)4-1-5-14/h2-3,6H,1,4-5,7-9,17H2. The SMILES string of the molecule is NCC1(CC(=O)Cc2cc(F)ccc2F)CCC1. The summed E-state index contributed by atoms with van der Waals surface area (Å²) in [4.78, 5) is 11.9. The zero-order valence-corrected chi connectivity index (χ0v) is 10.2. The second kappa shape index (κ2) is 5.14. The molecule has 1 aromatic rings. The van der Waals surface area contributed by atoms with Crippen LogP contribution in [-0.2, 0) is 11.2 Å². The van der Waals surface area contributed by atoms with Gasteiger partial charge < -0.3 is 5.73 Å². The van der Waals surface area contributed by atoms with Crippen LogP contribution in [0.4, 0.5) is 8.78 Å². The third kappa shape index (κ3) is 2.75. The topological polar surface area (TPSA) is 43.1 Å². The van der Waals surface area contributed by atoms with Gasteiger partial charge in [0.2, 0.25) is 0 Å². The summed E-state index contributed by atoms with van der Waals surface area (Å²) in [5, 5.41) is 0. The number of carbonyl (C=O) groups is 1. The number of halogens is 2. The van der Waals surface area contributed by atoms with E-state index in [0.717, 1.165) is 37.5 Å². The normalized spacial score (nSPS) is 17.3. The van der Waals surface area contributed by atoms with E-state index in [9.17, 15) is 13.6 Å². The molecule has 2 nitrogen and oxygen atoms in total. The highest BCUT2D eigenvalue weighted by Gasteiger charge is 2.37. The van der Waals surface area contributed by atoms with Gasteiger partial charge in [-0.1, -0.05) is 6.42 Å². The van der Waals surface area contributed by atoms with Gasteiger partial charge >= 0.3 is 0 Å². The third-order valence-electron chi connectivity index (χ3n) is 3.81. The Morgan fingerprint density at radius 3 is 2.61 bits per heavy atom. The molecule has 0 saturated heterocycles. The number of rotatable bonds is 5. The van der Waals surface area contributed by atoms with Crippen LogP contribution in [0.3, 0.4) is 0 Å². The van der Waals surface area contributed by atoms with Crippen LogP contribution in [0.25, 0.3) is 0 Å². The molecule has 1 aromatic carbocycles. The summed E-state index contributed by atoms with van der Waals surface area (Å²) in [5.41, 5.74) is 5.73. The summed E-state index contributed by atoms with van der Waals surface area (Å²) in [5.74, 6) is -1.11. The van der Waals surface area contributed by atoms with Crippen molar-refractivity contribution in [3.8, 4) is 0 Å². The van der Waals surface area contributed by atoms with E-state index in [2.05, 4.69) is 0 Å². The van der Waals surface area contributed by atoms with Crippen LogP contribution >= 0.6 is 0 Å². The van der Waals surface area contributed by atoms with Crippen LogP contribution in [0.1, 0.15) is 31.2 Å². The van der Waals surface area contributed by atoms with Gasteiger partial charge in [0, 0.05) is 12.8 Å². The van der Waals surface area contributed by atoms with Gasteiger partial charge in [-0.15, -0.1) is 0 Å². The van der Waals surface area contributed by atoms with Gasteiger partial charge in [0.25, 0.3) is 0 Å². The van der Waals surface area contributed by atoms with Gasteiger partial charge in [0.05, 0.1) is 0 Å². The fourth-order valence-electron chi connectivity index (χ4n) is 2.50. The molecular formula is C14H17F2NO. The van der Waals surface area contributed by atoms with Gasteiger partial charge in [-0.3, -0.25) is 4.79 Å². The Morgan fingerprint density at radius 1 is 1.33 bits per heavy atom. The molecule has 2 rings (SSSR count). The molecule has 18 heavy (non-hydrogen) atoms. The van der Waals surface area contributed by atoms with E-state index in [4.69, 9.17) is 5.73 Å². The molecule has 0 atom stereocenters. The number of nitrogens with two attached hydrogens (primary N) is 1. The lowest BCUT2D eigenvalue weighted by atomic mass is 9.65.